The van der Waals surface area contributed by atoms with E-state index in [9.17, 15) is 0 Å². The zero-order chi connectivity index (χ0) is 9.26. The molecule has 0 fully saturated rings. The zero-order valence-electron chi connectivity index (χ0n) is 13.5. The van der Waals surface area contributed by atoms with Gasteiger partial charge in [0, 0.05) is 5.39 Å². The summed E-state index contributed by atoms with van der Waals surface area (Å²) in [6.45, 7) is 2.89. The van der Waals surface area contributed by atoms with Gasteiger partial charge in [-0.25, -0.2) is 0 Å². The molecule has 0 aliphatic rings. The topological polar surface area (TPSA) is 25.2 Å². The predicted molar refractivity (Wildman–Crippen MR) is 63.9 cm³/mol. The molecule has 1 aromatic carbocycles. The smallest absolute Gasteiger partial charge is 1.00 e. The van der Waals surface area contributed by atoms with Crippen LogP contribution in [0.1, 0.15) is 17.0 Å². The van der Waals surface area contributed by atoms with E-state index in [4.69, 9.17) is 4.42 Å². The Kier molecular flexibility index (Phi) is 6.37. The van der Waals surface area contributed by atoms with Crippen LogP contribution >= 0.6 is 0 Å². The average Bonchev–Trinajstić information content (AvgIpc) is 2.46. The van der Waals surface area contributed by atoms with Crippen LogP contribution in [-0.4, -0.2) is 24.4 Å². The van der Waals surface area contributed by atoms with E-state index in [0.29, 0.717) is 0 Å². The predicted octanol–water partition coefficient (Wildman–Crippen LogP) is -0.466. The van der Waals surface area contributed by atoms with Gasteiger partial charge in [-0.15, -0.1) is 0 Å². The summed E-state index contributed by atoms with van der Waals surface area (Å²) in [5.41, 5.74) is 2.22. The molecule has 15 heavy (non-hydrogen) atoms. The first-order valence-corrected chi connectivity index (χ1v) is 4.44. The second-order valence-electron chi connectivity index (χ2n) is 3.18. The Hall–Kier alpha value is -0.150. The molecule has 4 heteroatoms. The van der Waals surface area contributed by atoms with Crippen LogP contribution in [0.4, 0.5) is 0 Å². The van der Waals surface area contributed by atoms with E-state index in [-0.39, 0.29) is 41.9 Å². The molecule has 0 aliphatic carbocycles. The van der Waals surface area contributed by atoms with Gasteiger partial charge in [0.2, 0.25) is 0 Å². The summed E-state index contributed by atoms with van der Waals surface area (Å²) in [5, 5.41) is 4.31. The molecule has 1 aromatic heterocycles. The van der Waals surface area contributed by atoms with Crippen molar-refractivity contribution in [1.29, 1.82) is 0 Å². The maximum Gasteiger partial charge on any atom is 3.00 e. The van der Waals surface area contributed by atoms with Crippen molar-refractivity contribution in [3.63, 3.8) is 0 Å². The van der Waals surface area contributed by atoms with E-state index in [1.165, 1.54) is 10.9 Å². The van der Waals surface area contributed by atoms with Gasteiger partial charge in [0.25, 0.3) is 0 Å². The molecule has 0 aliphatic heterocycles. The Morgan fingerprint density at radius 1 is 1.33 bits per heavy atom. The summed E-state index contributed by atoms with van der Waals surface area (Å²) in [4.78, 5) is 0. The van der Waals surface area contributed by atoms with Gasteiger partial charge in [0.1, 0.15) is 11.3 Å². The third kappa shape index (κ3) is 2.91. The van der Waals surface area contributed by atoms with Crippen LogP contribution in [0.3, 0.4) is 0 Å². The van der Waals surface area contributed by atoms with Gasteiger partial charge in [-0.05, 0) is 25.6 Å². The summed E-state index contributed by atoms with van der Waals surface area (Å²) in [5.74, 6) is 1.03. The molecule has 2 rings (SSSR count). The molecule has 0 radical (unpaired) electrons. The molecule has 0 unspecified atom stereocenters. The van der Waals surface area contributed by atoms with Crippen LogP contribution in [0.25, 0.3) is 11.0 Å². The molecule has 0 atom stereocenters. The fraction of sp³-hybridized carbons (Fsp3) is 0.273. The molecule has 0 bridgehead atoms. The Bertz CT molecular complexity index is 442. The monoisotopic (exact) mass is 213 g/mol. The second-order valence-corrected chi connectivity index (χ2v) is 3.18. The summed E-state index contributed by atoms with van der Waals surface area (Å²) in [7, 11) is 1.92. The van der Waals surface area contributed by atoms with Crippen molar-refractivity contribution in [2.45, 2.75) is 13.5 Å². The Morgan fingerprint density at radius 3 is 2.60 bits per heavy atom. The summed E-state index contributed by atoms with van der Waals surface area (Å²) in [6, 6.07) is 8.12. The summed E-state index contributed by atoms with van der Waals surface area (Å²) in [6.07, 6.45) is 0. The third-order valence-electron chi connectivity index (χ3n) is 2.28. The molecule has 0 amide bonds. The molecular weight excluding hydrogens is 196 g/mol. The van der Waals surface area contributed by atoms with Gasteiger partial charge in [0.05, 0.1) is 6.54 Å². The number of hydrogen-bond donors (Lipinski definition) is 1. The number of aryl methyl sites for hydroxylation is 1. The van der Waals surface area contributed by atoms with Crippen molar-refractivity contribution in [3.05, 3.63) is 35.6 Å². The molecule has 1 heterocycles. The standard InChI is InChI=1S/C11H13NO.Al.Li.4H/c1-8-9-5-3-4-6-10(9)13-11(8)7-12-2;;;;;;/h3-6,12H,7H2,1-2H3;;;;;;/q;+3;+1;4*-1. The summed E-state index contributed by atoms with van der Waals surface area (Å²) < 4.78 is 5.68. The Morgan fingerprint density at radius 2 is 2.00 bits per heavy atom. The van der Waals surface area contributed by atoms with Crippen molar-refractivity contribution >= 4 is 28.3 Å². The van der Waals surface area contributed by atoms with Gasteiger partial charge in [-0.3, -0.25) is 0 Å². The van der Waals surface area contributed by atoms with Crippen molar-refractivity contribution in [2.24, 2.45) is 0 Å². The summed E-state index contributed by atoms with van der Waals surface area (Å²) >= 11 is 0. The van der Waals surface area contributed by atoms with E-state index in [0.717, 1.165) is 17.9 Å². The maximum atomic E-state index is 5.68. The van der Waals surface area contributed by atoms with E-state index in [1.54, 1.807) is 0 Å². The van der Waals surface area contributed by atoms with Crippen LogP contribution < -0.4 is 24.2 Å². The van der Waals surface area contributed by atoms with Crippen LogP contribution in [0.2, 0.25) is 0 Å². The van der Waals surface area contributed by atoms with Gasteiger partial charge >= 0.3 is 36.2 Å². The minimum Gasteiger partial charge on any atom is -1.00 e. The molecular formula is C11H17AlLiNO. The third-order valence-corrected chi connectivity index (χ3v) is 2.28. The zero-order valence-corrected chi connectivity index (χ0v) is 10.7. The minimum atomic E-state index is 0. The van der Waals surface area contributed by atoms with Crippen LogP contribution in [0, 0.1) is 6.92 Å². The van der Waals surface area contributed by atoms with Crippen molar-refractivity contribution < 1.29 is 29.0 Å². The average molecular weight is 213 g/mol. The Balaban J connectivity index is -0.000000109. The van der Waals surface area contributed by atoms with Crippen molar-refractivity contribution in [1.82, 2.24) is 5.32 Å². The number of furan rings is 1. The fourth-order valence-electron chi connectivity index (χ4n) is 1.55. The van der Waals surface area contributed by atoms with E-state index >= 15 is 0 Å². The molecule has 1 N–H and O–H groups in total. The van der Waals surface area contributed by atoms with Gasteiger partial charge in [-0.1, -0.05) is 18.2 Å². The van der Waals surface area contributed by atoms with E-state index in [2.05, 4.69) is 18.3 Å². The first-order valence-electron chi connectivity index (χ1n) is 4.44. The van der Waals surface area contributed by atoms with E-state index in [1.807, 2.05) is 25.2 Å². The fourth-order valence-corrected chi connectivity index (χ4v) is 1.55. The number of benzene rings is 1. The molecule has 2 aromatic rings. The second kappa shape index (κ2) is 6.44. The quantitative estimate of drug-likeness (QED) is 0.682. The normalized spacial score (nSPS) is 9.47. The minimum absolute atomic E-state index is 0. The van der Waals surface area contributed by atoms with Gasteiger partial charge < -0.3 is 15.4 Å². The van der Waals surface area contributed by atoms with Crippen molar-refractivity contribution in [2.75, 3.05) is 7.05 Å². The molecule has 0 spiro atoms. The van der Waals surface area contributed by atoms with E-state index < -0.39 is 0 Å². The molecule has 76 valence electrons. The number of para-hydroxylation sites is 1. The number of nitrogens with one attached hydrogen (secondary N) is 1. The number of rotatable bonds is 2. The molecule has 0 saturated carbocycles. The first kappa shape index (κ1) is 14.8. The number of hydrogen-bond acceptors (Lipinski definition) is 2. The van der Waals surface area contributed by atoms with Crippen LogP contribution in [-0.2, 0) is 6.54 Å². The van der Waals surface area contributed by atoms with Crippen LogP contribution in [0.5, 0.6) is 0 Å². The largest absolute Gasteiger partial charge is 3.00 e. The van der Waals surface area contributed by atoms with Gasteiger partial charge in [-0.2, -0.15) is 0 Å². The Labute approximate surface area is 119 Å². The first-order chi connectivity index (χ1) is 6.33. The van der Waals surface area contributed by atoms with Gasteiger partial charge in [0.15, 0.2) is 0 Å². The maximum absolute atomic E-state index is 5.68. The van der Waals surface area contributed by atoms with Crippen LogP contribution in [0.15, 0.2) is 28.7 Å². The van der Waals surface area contributed by atoms with Crippen molar-refractivity contribution in [3.8, 4) is 0 Å². The number of fused-ring (bicyclic) bond motifs is 1. The molecule has 0 saturated heterocycles. The SMILES string of the molecule is CNCc1oc2ccccc2c1C.[Al+3].[H-].[H-].[H-].[H-].[Li+]. The molecule has 2 nitrogen and oxygen atoms in total.